The Morgan fingerprint density at radius 1 is 1.13 bits per heavy atom. The molecule has 3 aromatic rings. The number of hydrogen-bond acceptors (Lipinski definition) is 5. The van der Waals surface area contributed by atoms with Gasteiger partial charge in [0.2, 0.25) is 5.91 Å². The topological polar surface area (TPSA) is 54.5 Å². The van der Waals surface area contributed by atoms with Crippen molar-refractivity contribution in [3.63, 3.8) is 0 Å². The Kier molecular flexibility index (Phi) is 7.24. The van der Waals surface area contributed by atoms with E-state index in [1.54, 1.807) is 18.4 Å². The van der Waals surface area contributed by atoms with Crippen molar-refractivity contribution in [2.75, 3.05) is 27.7 Å². The second-order valence-electron chi connectivity index (χ2n) is 7.57. The van der Waals surface area contributed by atoms with Crippen LogP contribution in [0, 0.1) is 13.8 Å². The molecule has 5 nitrogen and oxygen atoms in total. The Balaban J connectivity index is 1.72. The van der Waals surface area contributed by atoms with Crippen LogP contribution in [-0.2, 0) is 11.2 Å². The quantitative estimate of drug-likeness (QED) is 0.584. The fourth-order valence-electron chi connectivity index (χ4n) is 3.46. The third-order valence-corrected chi connectivity index (χ3v) is 6.04. The molecule has 1 aromatic heterocycles. The fraction of sp³-hybridized carbons (Fsp3) is 0.333. The summed E-state index contributed by atoms with van der Waals surface area (Å²) in [7, 11) is 5.68. The number of benzene rings is 2. The molecule has 1 atom stereocenters. The smallest absolute Gasteiger partial charge is 0.225 e. The number of amides is 1. The first-order valence-corrected chi connectivity index (χ1v) is 10.8. The van der Waals surface area contributed by atoms with E-state index in [9.17, 15) is 4.79 Å². The number of hydrogen-bond donors (Lipinski definition) is 1. The van der Waals surface area contributed by atoms with Crippen LogP contribution < -0.4 is 10.1 Å². The van der Waals surface area contributed by atoms with E-state index in [0.717, 1.165) is 32.5 Å². The highest BCUT2D eigenvalue weighted by Crippen LogP contribution is 2.29. The summed E-state index contributed by atoms with van der Waals surface area (Å²) in [4.78, 5) is 20.5. The van der Waals surface area contributed by atoms with Gasteiger partial charge in [-0.15, -0.1) is 11.3 Å². The molecule has 2 aromatic carbocycles. The highest BCUT2D eigenvalue weighted by molar-refractivity contribution is 7.12. The van der Waals surface area contributed by atoms with Gasteiger partial charge in [-0.2, -0.15) is 0 Å². The molecule has 0 radical (unpaired) electrons. The van der Waals surface area contributed by atoms with E-state index in [-0.39, 0.29) is 11.9 Å². The van der Waals surface area contributed by atoms with Crippen LogP contribution in [0.4, 0.5) is 0 Å². The van der Waals surface area contributed by atoms with E-state index in [1.807, 2.05) is 45.3 Å². The summed E-state index contributed by atoms with van der Waals surface area (Å²) in [5.74, 6) is 0.818. The molecular formula is C24H29N3O2S. The molecule has 1 N–H and O–H groups in total. The number of nitrogens with one attached hydrogen (secondary N) is 1. The average Bonchev–Trinajstić information content (AvgIpc) is 3.08. The summed E-state index contributed by atoms with van der Waals surface area (Å²) < 4.78 is 5.51. The van der Waals surface area contributed by atoms with Crippen molar-refractivity contribution in [1.82, 2.24) is 15.2 Å². The zero-order valence-corrected chi connectivity index (χ0v) is 19.0. The minimum absolute atomic E-state index is 0.00578. The Morgan fingerprint density at radius 2 is 1.83 bits per heavy atom. The number of methoxy groups -OCH3 is 1. The lowest BCUT2D eigenvalue weighted by Gasteiger charge is -2.26. The van der Waals surface area contributed by atoms with Gasteiger partial charge in [0.25, 0.3) is 0 Å². The molecule has 0 spiro atoms. The summed E-state index contributed by atoms with van der Waals surface area (Å²) in [5, 5.41) is 4.07. The van der Waals surface area contributed by atoms with Gasteiger partial charge in [-0.3, -0.25) is 4.79 Å². The SMILES string of the molecule is COc1ccccc1C(CNC(=O)Cc1sc(C)nc1-c1ccc(C)cc1)N(C)C. The predicted octanol–water partition coefficient (Wildman–Crippen LogP) is 4.40. The van der Waals surface area contributed by atoms with Crippen molar-refractivity contribution in [2.24, 2.45) is 0 Å². The second-order valence-corrected chi connectivity index (χ2v) is 8.86. The average molecular weight is 424 g/mol. The summed E-state index contributed by atoms with van der Waals surface area (Å²) in [6.45, 7) is 4.55. The first-order chi connectivity index (χ1) is 14.4. The minimum Gasteiger partial charge on any atom is -0.496 e. The highest BCUT2D eigenvalue weighted by Gasteiger charge is 2.20. The summed E-state index contributed by atoms with van der Waals surface area (Å²) in [6.07, 6.45) is 0.320. The molecule has 0 fully saturated rings. The maximum absolute atomic E-state index is 12.8. The monoisotopic (exact) mass is 423 g/mol. The maximum Gasteiger partial charge on any atom is 0.225 e. The van der Waals surface area contributed by atoms with Crippen molar-refractivity contribution in [3.05, 3.63) is 69.5 Å². The van der Waals surface area contributed by atoms with Gasteiger partial charge in [-0.1, -0.05) is 48.0 Å². The molecule has 0 aliphatic rings. The number of carbonyl (C=O) groups is 1. The summed E-state index contributed by atoms with van der Waals surface area (Å²) in [5.41, 5.74) is 4.21. The Bertz CT molecular complexity index is 996. The number of aromatic nitrogens is 1. The lowest BCUT2D eigenvalue weighted by atomic mass is 10.0. The third-order valence-electron chi connectivity index (χ3n) is 5.06. The minimum atomic E-state index is -0.00578. The number of ether oxygens (including phenoxy) is 1. The van der Waals surface area contributed by atoms with Gasteiger partial charge in [-0.25, -0.2) is 4.98 Å². The number of nitrogens with zero attached hydrogens (tertiary/aromatic N) is 2. The van der Waals surface area contributed by atoms with Gasteiger partial charge in [0.05, 0.1) is 30.3 Å². The standard InChI is InChI=1S/C24H29N3O2S/c1-16-10-12-18(13-11-16)24-22(30-17(2)26-24)14-23(28)25-15-20(27(3)4)19-8-6-7-9-21(19)29-5/h6-13,20H,14-15H2,1-5H3,(H,25,28). The fourth-order valence-corrected chi connectivity index (χ4v) is 4.41. The largest absolute Gasteiger partial charge is 0.496 e. The normalized spacial score (nSPS) is 12.1. The van der Waals surface area contributed by atoms with Crippen molar-refractivity contribution < 1.29 is 9.53 Å². The van der Waals surface area contributed by atoms with E-state index in [2.05, 4.69) is 46.4 Å². The van der Waals surface area contributed by atoms with Crippen molar-refractivity contribution >= 4 is 17.2 Å². The summed E-state index contributed by atoms with van der Waals surface area (Å²) >= 11 is 1.58. The second kappa shape index (κ2) is 9.87. The van der Waals surface area contributed by atoms with Gasteiger partial charge >= 0.3 is 0 Å². The maximum atomic E-state index is 12.8. The van der Waals surface area contributed by atoms with Crippen LogP contribution in [0.2, 0.25) is 0 Å². The van der Waals surface area contributed by atoms with Crippen LogP contribution >= 0.6 is 11.3 Å². The van der Waals surface area contributed by atoms with E-state index in [1.165, 1.54) is 5.56 Å². The molecule has 30 heavy (non-hydrogen) atoms. The number of carbonyl (C=O) groups excluding carboxylic acids is 1. The zero-order valence-electron chi connectivity index (χ0n) is 18.2. The van der Waals surface area contributed by atoms with Crippen LogP contribution in [0.3, 0.4) is 0 Å². The number of para-hydroxylation sites is 1. The Labute approximate surface area is 182 Å². The number of thiazole rings is 1. The van der Waals surface area contributed by atoms with Crippen LogP contribution in [0.5, 0.6) is 5.75 Å². The van der Waals surface area contributed by atoms with Crippen LogP contribution in [0.15, 0.2) is 48.5 Å². The molecule has 0 saturated carbocycles. The number of rotatable bonds is 8. The van der Waals surface area contributed by atoms with Crippen molar-refractivity contribution in [2.45, 2.75) is 26.3 Å². The van der Waals surface area contributed by atoms with Gasteiger partial charge in [-0.05, 0) is 34.0 Å². The number of likely N-dealkylation sites (N-methyl/N-ethyl adjacent to an activating group) is 1. The molecule has 0 bridgehead atoms. The lowest BCUT2D eigenvalue weighted by molar-refractivity contribution is -0.120. The third kappa shape index (κ3) is 5.26. The highest BCUT2D eigenvalue weighted by atomic mass is 32.1. The van der Waals surface area contributed by atoms with E-state index in [4.69, 9.17) is 4.74 Å². The predicted molar refractivity (Wildman–Crippen MR) is 123 cm³/mol. The van der Waals surface area contributed by atoms with Gasteiger partial charge in [0, 0.05) is 22.5 Å². The molecule has 158 valence electrons. The van der Waals surface area contributed by atoms with Crippen LogP contribution in [0.1, 0.15) is 27.1 Å². The van der Waals surface area contributed by atoms with Gasteiger partial charge in [0.1, 0.15) is 5.75 Å². The van der Waals surface area contributed by atoms with Gasteiger partial charge < -0.3 is 15.0 Å². The van der Waals surface area contributed by atoms with Crippen LogP contribution in [-0.4, -0.2) is 43.5 Å². The Hall–Kier alpha value is -2.70. The molecule has 6 heteroatoms. The van der Waals surface area contributed by atoms with E-state index < -0.39 is 0 Å². The van der Waals surface area contributed by atoms with Crippen LogP contribution in [0.25, 0.3) is 11.3 Å². The first-order valence-electron chi connectivity index (χ1n) is 9.98. The lowest BCUT2D eigenvalue weighted by Crippen LogP contribution is -2.35. The van der Waals surface area contributed by atoms with E-state index in [0.29, 0.717) is 13.0 Å². The zero-order chi connectivity index (χ0) is 21.7. The molecule has 3 rings (SSSR count). The molecule has 0 aliphatic heterocycles. The molecule has 1 amide bonds. The van der Waals surface area contributed by atoms with E-state index >= 15 is 0 Å². The Morgan fingerprint density at radius 3 is 2.50 bits per heavy atom. The number of aryl methyl sites for hydroxylation is 2. The molecule has 0 saturated heterocycles. The summed E-state index contributed by atoms with van der Waals surface area (Å²) in [6, 6.07) is 16.2. The molecule has 1 unspecified atom stereocenters. The molecular weight excluding hydrogens is 394 g/mol. The van der Waals surface area contributed by atoms with Gasteiger partial charge in [0.15, 0.2) is 0 Å². The molecule has 0 aliphatic carbocycles. The first kappa shape index (κ1) is 22.0. The van der Waals surface area contributed by atoms with Crippen molar-refractivity contribution in [3.8, 4) is 17.0 Å². The molecule has 1 heterocycles. The van der Waals surface area contributed by atoms with Crippen molar-refractivity contribution in [1.29, 1.82) is 0 Å².